The van der Waals surface area contributed by atoms with Crippen molar-refractivity contribution >= 4 is 18.3 Å². The molecule has 0 unspecified atom stereocenters. The summed E-state index contributed by atoms with van der Waals surface area (Å²) >= 11 is 0. The van der Waals surface area contributed by atoms with E-state index in [2.05, 4.69) is 40.1 Å². The third-order valence-corrected chi connectivity index (χ3v) is 8.23. The molecule has 0 amide bonds. The van der Waals surface area contributed by atoms with Crippen LogP contribution in [-0.4, -0.2) is 28.9 Å². The molecule has 0 spiro atoms. The molecule has 0 rings (SSSR count). The predicted molar refractivity (Wildman–Crippen MR) is 67.7 cm³/mol. The summed E-state index contributed by atoms with van der Waals surface area (Å²) in [4.78, 5) is 10.6. The Kier molecular flexibility index (Phi) is 6.21. The highest BCUT2D eigenvalue weighted by Crippen LogP contribution is 2.55. The summed E-state index contributed by atoms with van der Waals surface area (Å²) in [5.41, 5.74) is 4.17. The van der Waals surface area contributed by atoms with E-state index >= 15 is 0 Å². The van der Waals surface area contributed by atoms with E-state index in [9.17, 15) is 4.79 Å². The van der Waals surface area contributed by atoms with E-state index in [4.69, 9.17) is 0 Å². The Hall–Kier alpha value is -0.210. The minimum atomic E-state index is -1.33. The SMILES string of the molecule is CCCCP(=C=C=O)(C(C)C)C(C)C. The van der Waals surface area contributed by atoms with E-state index in [0.717, 1.165) is 6.16 Å². The fraction of sp³-hybridized carbons (Fsp3) is 0.833. The molecule has 2 heteroatoms. The van der Waals surface area contributed by atoms with Crippen LogP contribution in [0.1, 0.15) is 47.5 Å². The van der Waals surface area contributed by atoms with Crippen molar-refractivity contribution in [1.82, 2.24) is 0 Å². The molecule has 0 saturated carbocycles. The van der Waals surface area contributed by atoms with Crippen LogP contribution in [0.3, 0.4) is 0 Å². The van der Waals surface area contributed by atoms with Crippen LogP contribution in [0.2, 0.25) is 0 Å². The maximum Gasteiger partial charge on any atom is 0.176 e. The average Bonchev–Trinajstić information content (AvgIpc) is 2.11. The summed E-state index contributed by atoms with van der Waals surface area (Å²) in [7, 11) is 0. The van der Waals surface area contributed by atoms with Crippen LogP contribution in [0.4, 0.5) is 0 Å². The quantitative estimate of drug-likeness (QED) is 0.506. The lowest BCUT2D eigenvalue weighted by Crippen LogP contribution is -2.13. The lowest BCUT2D eigenvalue weighted by atomic mass is 10.4. The van der Waals surface area contributed by atoms with Gasteiger partial charge in [0.1, 0.15) is 0 Å². The Morgan fingerprint density at radius 2 is 1.64 bits per heavy atom. The van der Waals surface area contributed by atoms with Crippen LogP contribution in [0.15, 0.2) is 0 Å². The molecule has 1 nitrogen and oxygen atoms in total. The highest BCUT2D eigenvalue weighted by Gasteiger charge is 2.24. The number of hydrogen-bond donors (Lipinski definition) is 0. The fourth-order valence-electron chi connectivity index (χ4n) is 1.93. The van der Waals surface area contributed by atoms with Gasteiger partial charge >= 0.3 is 0 Å². The zero-order chi connectivity index (χ0) is 11.2. The second-order valence-electron chi connectivity index (χ2n) is 4.41. The first kappa shape index (κ1) is 13.8. The Morgan fingerprint density at radius 1 is 1.14 bits per heavy atom. The van der Waals surface area contributed by atoms with E-state index in [1.807, 2.05) is 5.94 Å². The predicted octanol–water partition coefficient (Wildman–Crippen LogP) is 3.41. The minimum Gasteiger partial charge on any atom is -0.224 e. The number of carbonyl (C=O) groups excluding carboxylic acids is 1. The van der Waals surface area contributed by atoms with Crippen LogP contribution in [-0.2, 0) is 4.79 Å². The third-order valence-electron chi connectivity index (χ3n) is 2.98. The molecule has 0 N–H and O–H groups in total. The first-order chi connectivity index (χ1) is 6.51. The Labute approximate surface area is 88.6 Å². The van der Waals surface area contributed by atoms with Gasteiger partial charge in [-0.2, -0.15) is 0 Å². The monoisotopic (exact) mass is 214 g/mol. The van der Waals surface area contributed by atoms with Crippen molar-refractivity contribution in [3.63, 3.8) is 0 Å². The van der Waals surface area contributed by atoms with Crippen molar-refractivity contribution < 1.29 is 4.79 Å². The molecule has 0 aromatic carbocycles. The molecule has 14 heavy (non-hydrogen) atoms. The third kappa shape index (κ3) is 3.18. The molecule has 0 aliphatic rings. The summed E-state index contributed by atoms with van der Waals surface area (Å²) < 4.78 is 0. The van der Waals surface area contributed by atoms with Crippen molar-refractivity contribution in [2.24, 2.45) is 0 Å². The second-order valence-corrected chi connectivity index (χ2v) is 9.01. The van der Waals surface area contributed by atoms with Crippen LogP contribution in [0.25, 0.3) is 0 Å². The van der Waals surface area contributed by atoms with Crippen LogP contribution in [0.5, 0.6) is 0 Å². The van der Waals surface area contributed by atoms with Crippen LogP contribution >= 0.6 is 6.89 Å². The summed E-state index contributed by atoms with van der Waals surface area (Å²) in [6.45, 7) is 9.73. The number of rotatable bonds is 5. The lowest BCUT2D eigenvalue weighted by Gasteiger charge is -2.31. The van der Waals surface area contributed by atoms with Gasteiger partial charge in [-0.3, -0.25) is 0 Å². The van der Waals surface area contributed by atoms with Gasteiger partial charge in [-0.1, -0.05) is 41.0 Å². The van der Waals surface area contributed by atoms with E-state index < -0.39 is 6.89 Å². The zero-order valence-electron chi connectivity index (χ0n) is 10.1. The zero-order valence-corrected chi connectivity index (χ0v) is 11.0. The molecule has 0 radical (unpaired) electrons. The molecule has 0 fully saturated rings. The van der Waals surface area contributed by atoms with Gasteiger partial charge in [0.2, 0.25) is 0 Å². The van der Waals surface area contributed by atoms with Crippen molar-refractivity contribution in [1.29, 1.82) is 0 Å². The topological polar surface area (TPSA) is 17.1 Å². The van der Waals surface area contributed by atoms with Crippen molar-refractivity contribution in [2.45, 2.75) is 58.8 Å². The molecule has 0 aliphatic heterocycles. The fourth-order valence-corrected chi connectivity index (χ4v) is 5.79. The lowest BCUT2D eigenvalue weighted by molar-refractivity contribution is 0.571. The average molecular weight is 214 g/mol. The highest BCUT2D eigenvalue weighted by atomic mass is 31.2. The molecular formula is C12H23OP. The first-order valence-corrected chi connectivity index (χ1v) is 7.64. The number of hydrogen-bond acceptors (Lipinski definition) is 1. The van der Waals surface area contributed by atoms with E-state index in [1.54, 1.807) is 0 Å². The normalized spacial score (nSPS) is 11.6. The molecule has 0 aliphatic carbocycles. The van der Waals surface area contributed by atoms with E-state index in [0.29, 0.717) is 11.3 Å². The molecule has 0 aromatic rings. The molecule has 0 bridgehead atoms. The van der Waals surface area contributed by atoms with Gasteiger partial charge in [0.25, 0.3) is 0 Å². The summed E-state index contributed by atoms with van der Waals surface area (Å²) in [6, 6.07) is 0. The minimum absolute atomic E-state index is 0.565. The summed E-state index contributed by atoms with van der Waals surface area (Å²) in [6.07, 6.45) is 3.56. The van der Waals surface area contributed by atoms with Gasteiger partial charge in [0, 0.05) is 0 Å². The van der Waals surface area contributed by atoms with Crippen molar-refractivity contribution in [2.75, 3.05) is 6.16 Å². The molecule has 0 saturated heterocycles. The van der Waals surface area contributed by atoms with Gasteiger partial charge in [-0.15, -0.1) is 0 Å². The standard InChI is InChI=1S/C12H23OP/c1-6-7-9-14(10-8-13,11(2)3)12(4)5/h11-12H,6-7,9H2,1-5H3. The van der Waals surface area contributed by atoms with Crippen LogP contribution in [0, 0.1) is 0 Å². The Bertz CT molecular complexity index is 254. The Balaban J connectivity index is 5.19. The Morgan fingerprint density at radius 3 is 1.93 bits per heavy atom. The smallest absolute Gasteiger partial charge is 0.176 e. The van der Waals surface area contributed by atoms with Crippen molar-refractivity contribution in [3.8, 4) is 0 Å². The maximum atomic E-state index is 10.6. The maximum absolute atomic E-state index is 10.6. The summed E-state index contributed by atoms with van der Waals surface area (Å²) in [5, 5.41) is 0. The molecule has 0 heterocycles. The van der Waals surface area contributed by atoms with Gasteiger partial charge in [0.05, 0.1) is 0 Å². The van der Waals surface area contributed by atoms with Gasteiger partial charge in [-0.05, 0) is 36.2 Å². The number of unbranched alkanes of at least 4 members (excludes halogenated alkanes) is 1. The highest BCUT2D eigenvalue weighted by molar-refractivity contribution is 7.76. The molecule has 0 aromatic heterocycles. The molecule has 82 valence electrons. The van der Waals surface area contributed by atoms with E-state index in [-0.39, 0.29) is 0 Å². The first-order valence-electron chi connectivity index (χ1n) is 5.53. The molecular weight excluding hydrogens is 191 g/mol. The van der Waals surface area contributed by atoms with Crippen LogP contribution < -0.4 is 0 Å². The van der Waals surface area contributed by atoms with Gasteiger partial charge in [-0.25, -0.2) is 4.79 Å². The largest absolute Gasteiger partial charge is 0.224 e. The van der Waals surface area contributed by atoms with Crippen molar-refractivity contribution in [3.05, 3.63) is 0 Å². The second kappa shape index (κ2) is 6.31. The summed E-state index contributed by atoms with van der Waals surface area (Å²) in [5.74, 6) is 1.93. The van der Waals surface area contributed by atoms with Gasteiger partial charge in [0.15, 0.2) is 5.94 Å². The molecule has 0 atom stereocenters. The van der Waals surface area contributed by atoms with E-state index in [1.165, 1.54) is 12.8 Å². The van der Waals surface area contributed by atoms with Gasteiger partial charge < -0.3 is 0 Å².